The summed E-state index contributed by atoms with van der Waals surface area (Å²) in [7, 11) is 0. The molecule has 7 heteroatoms. The second kappa shape index (κ2) is 8.89. The zero-order chi connectivity index (χ0) is 16.5. The first-order chi connectivity index (χ1) is 11.2. The second-order valence-electron chi connectivity index (χ2n) is 4.60. The minimum atomic E-state index is -0.455. The molecule has 0 atom stereocenters. The smallest absolute Gasteiger partial charge is 0.288 e. The summed E-state index contributed by atoms with van der Waals surface area (Å²) in [6.45, 7) is 0.407. The molecule has 0 aliphatic carbocycles. The van der Waals surface area contributed by atoms with Crippen LogP contribution in [0.2, 0.25) is 0 Å². The van der Waals surface area contributed by atoms with E-state index in [4.69, 9.17) is 4.74 Å². The van der Waals surface area contributed by atoms with Gasteiger partial charge in [-0.15, -0.1) is 0 Å². The quantitative estimate of drug-likeness (QED) is 0.598. The van der Waals surface area contributed by atoms with Crippen molar-refractivity contribution < 1.29 is 14.3 Å². The van der Waals surface area contributed by atoms with Crippen molar-refractivity contribution >= 4 is 27.7 Å². The maximum Gasteiger partial charge on any atom is 0.288 e. The van der Waals surface area contributed by atoms with Crippen LogP contribution in [0, 0.1) is 0 Å². The van der Waals surface area contributed by atoms with Gasteiger partial charge in [0.2, 0.25) is 5.91 Å². The number of amides is 2. The fraction of sp³-hybridized carbons (Fsp3) is 0.188. The summed E-state index contributed by atoms with van der Waals surface area (Å²) in [6.07, 6.45) is 2.29. The molecule has 1 aromatic carbocycles. The highest BCUT2D eigenvalue weighted by Crippen LogP contribution is 2.23. The number of carbonyl (C=O) groups excluding carboxylic acids is 2. The summed E-state index contributed by atoms with van der Waals surface area (Å²) in [5.74, 6) is -0.00946. The number of hydrogen-bond donors (Lipinski definition) is 2. The molecule has 1 heterocycles. The predicted molar refractivity (Wildman–Crippen MR) is 88.7 cm³/mol. The molecule has 1 aromatic heterocycles. The third-order valence-corrected chi connectivity index (χ3v) is 3.51. The standard InChI is InChI=1S/C16H16BrN3O3/c17-12-6-1-2-8-14(12)23-11-5-9-15(21)19-20-16(22)13-7-3-4-10-18-13/h1-4,6-8,10H,5,9,11H2,(H,19,21)(H,20,22). The van der Waals surface area contributed by atoms with Crippen LogP contribution in [0.3, 0.4) is 0 Å². The van der Waals surface area contributed by atoms with Gasteiger partial charge in [0, 0.05) is 12.6 Å². The Morgan fingerprint density at radius 2 is 1.87 bits per heavy atom. The van der Waals surface area contributed by atoms with Gasteiger partial charge in [-0.25, -0.2) is 0 Å². The number of carbonyl (C=O) groups is 2. The molecule has 0 radical (unpaired) electrons. The Morgan fingerprint density at radius 1 is 1.09 bits per heavy atom. The lowest BCUT2D eigenvalue weighted by Crippen LogP contribution is -2.41. The second-order valence-corrected chi connectivity index (χ2v) is 5.45. The average molecular weight is 378 g/mol. The van der Waals surface area contributed by atoms with Gasteiger partial charge in [-0.05, 0) is 46.6 Å². The van der Waals surface area contributed by atoms with Crippen LogP contribution in [0.5, 0.6) is 5.75 Å². The lowest BCUT2D eigenvalue weighted by atomic mass is 10.3. The number of hydrogen-bond acceptors (Lipinski definition) is 4. The number of rotatable bonds is 6. The van der Waals surface area contributed by atoms with Gasteiger partial charge < -0.3 is 4.74 Å². The van der Waals surface area contributed by atoms with Gasteiger partial charge in [0.25, 0.3) is 5.91 Å². The summed E-state index contributed by atoms with van der Waals surface area (Å²) in [5.41, 5.74) is 4.91. The summed E-state index contributed by atoms with van der Waals surface area (Å²) >= 11 is 3.38. The number of hydrazine groups is 1. The van der Waals surface area contributed by atoms with Crippen LogP contribution in [0.1, 0.15) is 23.3 Å². The van der Waals surface area contributed by atoms with Gasteiger partial charge >= 0.3 is 0 Å². The lowest BCUT2D eigenvalue weighted by molar-refractivity contribution is -0.122. The molecule has 0 saturated heterocycles. The zero-order valence-electron chi connectivity index (χ0n) is 12.3. The van der Waals surface area contributed by atoms with Crippen molar-refractivity contribution in [2.45, 2.75) is 12.8 Å². The number of aromatic nitrogens is 1. The van der Waals surface area contributed by atoms with Crippen molar-refractivity contribution in [2.24, 2.45) is 0 Å². The summed E-state index contributed by atoms with van der Waals surface area (Å²) < 4.78 is 6.43. The Kier molecular flexibility index (Phi) is 6.56. The molecule has 2 N–H and O–H groups in total. The lowest BCUT2D eigenvalue weighted by Gasteiger charge is -2.09. The molecule has 0 fully saturated rings. The van der Waals surface area contributed by atoms with E-state index in [-0.39, 0.29) is 18.0 Å². The van der Waals surface area contributed by atoms with E-state index in [0.717, 1.165) is 10.2 Å². The highest BCUT2D eigenvalue weighted by atomic mass is 79.9. The molecule has 0 unspecified atom stereocenters. The number of pyridine rings is 1. The molecule has 2 rings (SSSR count). The third-order valence-electron chi connectivity index (χ3n) is 2.86. The minimum Gasteiger partial charge on any atom is -0.492 e. The topological polar surface area (TPSA) is 80.3 Å². The van der Waals surface area contributed by atoms with E-state index in [1.807, 2.05) is 24.3 Å². The maximum absolute atomic E-state index is 11.7. The van der Waals surface area contributed by atoms with Crippen LogP contribution in [-0.2, 0) is 4.79 Å². The maximum atomic E-state index is 11.7. The van der Waals surface area contributed by atoms with Crippen LogP contribution >= 0.6 is 15.9 Å². The fourth-order valence-electron chi connectivity index (χ4n) is 1.73. The molecule has 0 bridgehead atoms. The first-order valence-electron chi connectivity index (χ1n) is 7.04. The van der Waals surface area contributed by atoms with Crippen LogP contribution in [0.25, 0.3) is 0 Å². The molecule has 0 spiro atoms. The van der Waals surface area contributed by atoms with Crippen molar-refractivity contribution in [1.29, 1.82) is 0 Å². The van der Waals surface area contributed by atoms with Gasteiger partial charge in [0.05, 0.1) is 11.1 Å². The molecule has 2 aromatic rings. The Hall–Kier alpha value is -2.41. The molecular weight excluding hydrogens is 362 g/mol. The van der Waals surface area contributed by atoms with Gasteiger partial charge in [-0.2, -0.15) is 0 Å². The number of nitrogens with one attached hydrogen (secondary N) is 2. The Balaban J connectivity index is 1.64. The molecule has 2 amide bonds. The summed E-state index contributed by atoms with van der Waals surface area (Å²) in [5, 5.41) is 0. The van der Waals surface area contributed by atoms with E-state index >= 15 is 0 Å². The first-order valence-corrected chi connectivity index (χ1v) is 7.83. The van der Waals surface area contributed by atoms with Crippen molar-refractivity contribution in [3.63, 3.8) is 0 Å². The summed E-state index contributed by atoms with van der Waals surface area (Å²) in [6, 6.07) is 12.5. The Labute approximate surface area is 142 Å². The number of ether oxygens (including phenoxy) is 1. The highest BCUT2D eigenvalue weighted by Gasteiger charge is 2.08. The van der Waals surface area contributed by atoms with Crippen molar-refractivity contribution in [2.75, 3.05) is 6.61 Å². The van der Waals surface area contributed by atoms with E-state index < -0.39 is 5.91 Å². The normalized spacial score (nSPS) is 9.96. The SMILES string of the molecule is O=C(CCCOc1ccccc1Br)NNC(=O)c1ccccn1. The first kappa shape index (κ1) is 17.0. The largest absolute Gasteiger partial charge is 0.492 e. The zero-order valence-corrected chi connectivity index (χ0v) is 13.9. The molecule has 0 aliphatic heterocycles. The van der Waals surface area contributed by atoms with Gasteiger partial charge in [-0.3, -0.25) is 25.4 Å². The van der Waals surface area contributed by atoms with Crippen LogP contribution in [0.4, 0.5) is 0 Å². The van der Waals surface area contributed by atoms with Crippen molar-refractivity contribution in [1.82, 2.24) is 15.8 Å². The molecule has 120 valence electrons. The average Bonchev–Trinajstić information content (AvgIpc) is 2.59. The van der Waals surface area contributed by atoms with E-state index in [9.17, 15) is 9.59 Å². The number of nitrogens with zero attached hydrogens (tertiary/aromatic N) is 1. The number of halogens is 1. The summed E-state index contributed by atoms with van der Waals surface area (Å²) in [4.78, 5) is 27.2. The molecule has 23 heavy (non-hydrogen) atoms. The van der Waals surface area contributed by atoms with Crippen molar-refractivity contribution in [3.8, 4) is 5.75 Å². The molecule has 0 saturated carbocycles. The van der Waals surface area contributed by atoms with Crippen LogP contribution < -0.4 is 15.6 Å². The number of benzene rings is 1. The van der Waals surface area contributed by atoms with E-state index in [1.165, 1.54) is 6.20 Å². The van der Waals surface area contributed by atoms with Gasteiger partial charge in [-0.1, -0.05) is 18.2 Å². The third kappa shape index (κ3) is 5.71. The highest BCUT2D eigenvalue weighted by molar-refractivity contribution is 9.10. The molecular formula is C16H16BrN3O3. The van der Waals surface area contributed by atoms with Gasteiger partial charge in [0.1, 0.15) is 11.4 Å². The fourth-order valence-corrected chi connectivity index (χ4v) is 2.13. The van der Waals surface area contributed by atoms with E-state index in [2.05, 4.69) is 31.8 Å². The minimum absolute atomic E-state index is 0.241. The monoisotopic (exact) mass is 377 g/mol. The Morgan fingerprint density at radius 3 is 2.61 bits per heavy atom. The van der Waals surface area contributed by atoms with Gasteiger partial charge in [0.15, 0.2) is 0 Å². The predicted octanol–water partition coefficient (Wildman–Crippen LogP) is 2.46. The van der Waals surface area contributed by atoms with Crippen molar-refractivity contribution in [3.05, 3.63) is 58.8 Å². The van der Waals surface area contributed by atoms with E-state index in [0.29, 0.717) is 13.0 Å². The molecule has 0 aliphatic rings. The molecule has 6 nitrogen and oxygen atoms in total. The van der Waals surface area contributed by atoms with Crippen LogP contribution in [0.15, 0.2) is 53.1 Å². The Bertz CT molecular complexity index is 665. The number of para-hydroxylation sites is 1. The van der Waals surface area contributed by atoms with E-state index in [1.54, 1.807) is 18.2 Å². The van der Waals surface area contributed by atoms with Crippen LogP contribution in [-0.4, -0.2) is 23.4 Å².